The minimum atomic E-state index is 0.369. The fourth-order valence-corrected chi connectivity index (χ4v) is 2.24. The Hall–Kier alpha value is -2.40. The zero-order chi connectivity index (χ0) is 14.7. The Labute approximate surface area is 130 Å². The third-order valence-electron chi connectivity index (χ3n) is 2.77. The van der Waals surface area contributed by atoms with E-state index in [-0.39, 0.29) is 0 Å². The Balaban J connectivity index is 1.95. The molecule has 0 amide bonds. The highest BCUT2D eigenvalue weighted by atomic mass is 79.9. The van der Waals surface area contributed by atoms with Crippen LogP contribution in [0.3, 0.4) is 0 Å². The van der Waals surface area contributed by atoms with E-state index >= 15 is 0 Å². The standard InChI is InChI=1S/C16H12BrN3O/c17-12-7-4-8-13(9-12)21-15-10-14(18)19-16(20-15)11-5-2-1-3-6-11/h1-10H,(H2,18,19,20). The number of nitrogens with zero attached hydrogens (tertiary/aromatic N) is 2. The van der Waals surface area contributed by atoms with Gasteiger partial charge in [-0.3, -0.25) is 0 Å². The molecule has 0 saturated heterocycles. The van der Waals surface area contributed by atoms with Gasteiger partial charge in [-0.25, -0.2) is 4.98 Å². The number of aromatic nitrogens is 2. The molecule has 0 fully saturated rings. The first-order chi connectivity index (χ1) is 10.2. The third-order valence-corrected chi connectivity index (χ3v) is 3.27. The van der Waals surface area contributed by atoms with Gasteiger partial charge in [0.25, 0.3) is 0 Å². The number of nitrogens with two attached hydrogens (primary N) is 1. The summed E-state index contributed by atoms with van der Waals surface area (Å²) >= 11 is 3.40. The highest BCUT2D eigenvalue weighted by molar-refractivity contribution is 9.10. The molecule has 3 rings (SSSR count). The van der Waals surface area contributed by atoms with E-state index < -0.39 is 0 Å². The minimum absolute atomic E-state index is 0.369. The number of nitrogen functional groups attached to an aromatic ring is 1. The highest BCUT2D eigenvalue weighted by Gasteiger charge is 2.07. The molecule has 0 radical (unpaired) electrons. The van der Waals surface area contributed by atoms with Crippen molar-refractivity contribution in [1.82, 2.24) is 9.97 Å². The molecule has 21 heavy (non-hydrogen) atoms. The summed E-state index contributed by atoms with van der Waals surface area (Å²) in [6, 6.07) is 18.8. The number of hydrogen-bond donors (Lipinski definition) is 1. The van der Waals surface area contributed by atoms with Crippen molar-refractivity contribution in [2.24, 2.45) is 0 Å². The Kier molecular flexibility index (Phi) is 3.83. The molecule has 1 heterocycles. The molecule has 2 aromatic carbocycles. The van der Waals surface area contributed by atoms with Gasteiger partial charge in [0.15, 0.2) is 5.82 Å². The van der Waals surface area contributed by atoms with Crippen molar-refractivity contribution in [3.8, 4) is 23.0 Å². The second-order valence-electron chi connectivity index (χ2n) is 4.38. The van der Waals surface area contributed by atoms with Gasteiger partial charge in [-0.2, -0.15) is 4.98 Å². The molecule has 0 spiro atoms. The molecular weight excluding hydrogens is 330 g/mol. The zero-order valence-corrected chi connectivity index (χ0v) is 12.6. The first-order valence-corrected chi connectivity index (χ1v) is 7.13. The molecule has 0 aliphatic rings. The molecule has 5 heteroatoms. The van der Waals surface area contributed by atoms with Crippen LogP contribution in [0.25, 0.3) is 11.4 Å². The molecule has 0 aliphatic heterocycles. The van der Waals surface area contributed by atoms with E-state index in [1.807, 2.05) is 54.6 Å². The molecule has 0 bridgehead atoms. The molecule has 0 saturated carbocycles. The average molecular weight is 342 g/mol. The Morgan fingerprint density at radius 2 is 1.71 bits per heavy atom. The smallest absolute Gasteiger partial charge is 0.224 e. The van der Waals surface area contributed by atoms with Crippen LogP contribution in [0.5, 0.6) is 11.6 Å². The lowest BCUT2D eigenvalue weighted by molar-refractivity contribution is 0.462. The summed E-state index contributed by atoms with van der Waals surface area (Å²) in [5.41, 5.74) is 6.73. The van der Waals surface area contributed by atoms with E-state index in [9.17, 15) is 0 Å². The van der Waals surface area contributed by atoms with Crippen molar-refractivity contribution < 1.29 is 4.74 Å². The lowest BCUT2D eigenvalue weighted by Crippen LogP contribution is -1.98. The average Bonchev–Trinajstić information content (AvgIpc) is 2.47. The van der Waals surface area contributed by atoms with E-state index in [2.05, 4.69) is 25.9 Å². The first kappa shape index (κ1) is 13.6. The molecule has 0 atom stereocenters. The summed E-state index contributed by atoms with van der Waals surface area (Å²) in [4.78, 5) is 8.64. The summed E-state index contributed by atoms with van der Waals surface area (Å²) in [7, 11) is 0. The number of benzene rings is 2. The largest absolute Gasteiger partial charge is 0.439 e. The monoisotopic (exact) mass is 341 g/mol. The number of ether oxygens (including phenoxy) is 1. The normalized spacial score (nSPS) is 10.3. The summed E-state index contributed by atoms with van der Waals surface area (Å²) in [5.74, 6) is 2.01. The zero-order valence-electron chi connectivity index (χ0n) is 11.0. The summed E-state index contributed by atoms with van der Waals surface area (Å²) in [6.45, 7) is 0. The van der Waals surface area contributed by atoms with Crippen LogP contribution in [-0.2, 0) is 0 Å². The van der Waals surface area contributed by atoms with Crippen LogP contribution in [0.4, 0.5) is 5.82 Å². The van der Waals surface area contributed by atoms with E-state index in [1.54, 1.807) is 6.07 Å². The van der Waals surface area contributed by atoms with Crippen LogP contribution in [-0.4, -0.2) is 9.97 Å². The van der Waals surface area contributed by atoms with Gasteiger partial charge >= 0.3 is 0 Å². The van der Waals surface area contributed by atoms with Crippen molar-refractivity contribution in [3.63, 3.8) is 0 Å². The fourth-order valence-electron chi connectivity index (χ4n) is 1.86. The SMILES string of the molecule is Nc1cc(Oc2cccc(Br)c2)nc(-c2ccccc2)n1. The van der Waals surface area contributed by atoms with Crippen LogP contribution < -0.4 is 10.5 Å². The maximum atomic E-state index is 5.84. The number of hydrogen-bond acceptors (Lipinski definition) is 4. The molecule has 0 unspecified atom stereocenters. The van der Waals surface area contributed by atoms with Crippen molar-refractivity contribution in [3.05, 3.63) is 65.1 Å². The van der Waals surface area contributed by atoms with Crippen LogP contribution >= 0.6 is 15.9 Å². The predicted molar refractivity (Wildman–Crippen MR) is 86.1 cm³/mol. The summed E-state index contributed by atoms with van der Waals surface area (Å²) in [5, 5.41) is 0. The Morgan fingerprint density at radius 3 is 2.48 bits per heavy atom. The second-order valence-corrected chi connectivity index (χ2v) is 5.30. The van der Waals surface area contributed by atoms with Gasteiger partial charge in [0.1, 0.15) is 11.6 Å². The Bertz CT molecular complexity index is 762. The lowest BCUT2D eigenvalue weighted by Gasteiger charge is -2.08. The molecule has 0 aliphatic carbocycles. The van der Waals surface area contributed by atoms with Gasteiger partial charge in [-0.05, 0) is 18.2 Å². The first-order valence-electron chi connectivity index (χ1n) is 6.34. The number of halogens is 1. The van der Waals surface area contributed by atoms with Gasteiger partial charge in [0.05, 0.1) is 0 Å². The minimum Gasteiger partial charge on any atom is -0.439 e. The van der Waals surface area contributed by atoms with Gasteiger partial charge in [-0.1, -0.05) is 52.3 Å². The summed E-state index contributed by atoms with van der Waals surface area (Å²) in [6.07, 6.45) is 0. The van der Waals surface area contributed by atoms with E-state index in [0.29, 0.717) is 23.3 Å². The van der Waals surface area contributed by atoms with Gasteiger partial charge < -0.3 is 10.5 Å². The molecular formula is C16H12BrN3O. The molecule has 104 valence electrons. The molecule has 1 aromatic heterocycles. The fraction of sp³-hybridized carbons (Fsp3) is 0. The van der Waals surface area contributed by atoms with E-state index in [1.165, 1.54) is 0 Å². The van der Waals surface area contributed by atoms with Crippen molar-refractivity contribution in [2.75, 3.05) is 5.73 Å². The van der Waals surface area contributed by atoms with Crippen LogP contribution in [0.15, 0.2) is 65.1 Å². The third kappa shape index (κ3) is 3.38. The van der Waals surface area contributed by atoms with Gasteiger partial charge in [0.2, 0.25) is 5.88 Å². The molecule has 3 aromatic rings. The quantitative estimate of drug-likeness (QED) is 0.772. The lowest BCUT2D eigenvalue weighted by atomic mass is 10.2. The number of rotatable bonds is 3. The molecule has 4 nitrogen and oxygen atoms in total. The van der Waals surface area contributed by atoms with Crippen molar-refractivity contribution in [2.45, 2.75) is 0 Å². The topological polar surface area (TPSA) is 61.0 Å². The van der Waals surface area contributed by atoms with Crippen molar-refractivity contribution >= 4 is 21.7 Å². The van der Waals surface area contributed by atoms with Crippen LogP contribution in [0, 0.1) is 0 Å². The van der Waals surface area contributed by atoms with E-state index in [4.69, 9.17) is 10.5 Å². The Morgan fingerprint density at radius 1 is 0.905 bits per heavy atom. The van der Waals surface area contributed by atoms with Crippen LogP contribution in [0.2, 0.25) is 0 Å². The molecule has 2 N–H and O–H groups in total. The second kappa shape index (κ2) is 5.93. The van der Waals surface area contributed by atoms with Gasteiger partial charge in [-0.15, -0.1) is 0 Å². The van der Waals surface area contributed by atoms with E-state index in [0.717, 1.165) is 10.0 Å². The van der Waals surface area contributed by atoms with Gasteiger partial charge in [0, 0.05) is 16.1 Å². The summed E-state index contributed by atoms with van der Waals surface area (Å²) < 4.78 is 6.68. The van der Waals surface area contributed by atoms with Crippen LogP contribution in [0.1, 0.15) is 0 Å². The predicted octanol–water partition coefficient (Wildman–Crippen LogP) is 4.28. The highest BCUT2D eigenvalue weighted by Crippen LogP contribution is 2.26. The van der Waals surface area contributed by atoms with Crippen molar-refractivity contribution in [1.29, 1.82) is 0 Å². The number of anilines is 1. The maximum Gasteiger partial charge on any atom is 0.224 e. The maximum absolute atomic E-state index is 5.84.